The van der Waals surface area contributed by atoms with Gasteiger partial charge >= 0.3 is 0 Å². The fraction of sp³-hybridized carbons (Fsp3) is 0.533. The fourth-order valence-corrected chi connectivity index (χ4v) is 2.38. The molecule has 0 N–H and O–H groups in total. The number of para-hydroxylation sites is 1. The molecular weight excluding hydrogens is 246 g/mol. The van der Waals surface area contributed by atoms with E-state index in [1.165, 1.54) is 12.8 Å². The van der Waals surface area contributed by atoms with Crippen molar-refractivity contribution < 1.29 is 4.79 Å². The smallest absolute Gasteiger partial charge is 0.152 e. The summed E-state index contributed by atoms with van der Waals surface area (Å²) in [4.78, 5) is 13.4. The third kappa shape index (κ3) is 3.74. The number of benzene rings is 1. The van der Waals surface area contributed by atoms with Crippen LogP contribution in [0.3, 0.4) is 0 Å². The Kier molecular flexibility index (Phi) is 6.20. The minimum absolute atomic E-state index is 0.334. The standard InChI is InChI=1S/C15H22ClNO/c1-4-5-6-10-17(12(2)3)15-13(11-18)8-7-9-14(15)16/h7-9,11-12H,4-6,10H2,1-3H3. The highest BCUT2D eigenvalue weighted by Gasteiger charge is 2.16. The lowest BCUT2D eigenvalue weighted by atomic mass is 10.1. The number of carbonyl (C=O) groups is 1. The summed E-state index contributed by atoms with van der Waals surface area (Å²) in [5, 5.41) is 0.657. The van der Waals surface area contributed by atoms with E-state index in [1.54, 1.807) is 0 Å². The minimum Gasteiger partial charge on any atom is -0.367 e. The molecule has 0 spiro atoms. The molecule has 0 aromatic heterocycles. The van der Waals surface area contributed by atoms with Crippen molar-refractivity contribution in [2.24, 2.45) is 0 Å². The van der Waals surface area contributed by atoms with Crippen molar-refractivity contribution in [2.75, 3.05) is 11.4 Å². The maximum atomic E-state index is 11.2. The van der Waals surface area contributed by atoms with E-state index in [1.807, 2.05) is 18.2 Å². The van der Waals surface area contributed by atoms with E-state index < -0.39 is 0 Å². The number of carbonyl (C=O) groups excluding carboxylic acids is 1. The molecule has 0 saturated heterocycles. The summed E-state index contributed by atoms with van der Waals surface area (Å²) in [5.41, 5.74) is 1.55. The molecule has 0 aliphatic rings. The Balaban J connectivity index is 3.01. The zero-order chi connectivity index (χ0) is 13.5. The zero-order valence-corrected chi connectivity index (χ0v) is 12.2. The number of anilines is 1. The van der Waals surface area contributed by atoms with E-state index >= 15 is 0 Å². The van der Waals surface area contributed by atoms with Gasteiger partial charge in [0.2, 0.25) is 0 Å². The first-order valence-electron chi connectivity index (χ1n) is 6.62. The van der Waals surface area contributed by atoms with E-state index in [0.717, 1.165) is 24.9 Å². The maximum Gasteiger partial charge on any atom is 0.152 e. The van der Waals surface area contributed by atoms with Gasteiger partial charge in [-0.05, 0) is 32.4 Å². The molecule has 0 fully saturated rings. The maximum absolute atomic E-state index is 11.2. The predicted molar refractivity (Wildman–Crippen MR) is 78.8 cm³/mol. The van der Waals surface area contributed by atoms with Gasteiger partial charge in [0.05, 0.1) is 10.7 Å². The molecule has 0 bridgehead atoms. The Hall–Kier alpha value is -1.02. The lowest BCUT2D eigenvalue weighted by Crippen LogP contribution is -2.32. The summed E-state index contributed by atoms with van der Waals surface area (Å²) >= 11 is 6.26. The summed E-state index contributed by atoms with van der Waals surface area (Å²) in [6, 6.07) is 5.82. The van der Waals surface area contributed by atoms with Crippen LogP contribution in [0.25, 0.3) is 0 Å². The molecular formula is C15H22ClNO. The van der Waals surface area contributed by atoms with Crippen molar-refractivity contribution in [2.45, 2.75) is 46.1 Å². The molecule has 1 rings (SSSR count). The van der Waals surface area contributed by atoms with Gasteiger partial charge in [-0.1, -0.05) is 37.4 Å². The number of unbranched alkanes of at least 4 members (excludes halogenated alkanes) is 2. The van der Waals surface area contributed by atoms with Crippen LogP contribution in [-0.4, -0.2) is 18.9 Å². The number of aldehydes is 1. The Bertz CT molecular complexity index is 390. The highest BCUT2D eigenvalue weighted by atomic mass is 35.5. The quantitative estimate of drug-likeness (QED) is 0.533. The van der Waals surface area contributed by atoms with E-state index in [-0.39, 0.29) is 0 Å². The molecule has 3 heteroatoms. The van der Waals surface area contributed by atoms with Gasteiger partial charge < -0.3 is 4.90 Å². The van der Waals surface area contributed by atoms with E-state index in [9.17, 15) is 4.79 Å². The van der Waals surface area contributed by atoms with Crippen LogP contribution in [0.15, 0.2) is 18.2 Å². The molecule has 0 atom stereocenters. The van der Waals surface area contributed by atoms with Crippen LogP contribution in [-0.2, 0) is 0 Å². The topological polar surface area (TPSA) is 20.3 Å². The third-order valence-electron chi connectivity index (χ3n) is 3.06. The van der Waals surface area contributed by atoms with Crippen molar-refractivity contribution in [1.82, 2.24) is 0 Å². The Morgan fingerprint density at radius 3 is 2.61 bits per heavy atom. The van der Waals surface area contributed by atoms with Gasteiger partial charge in [-0.3, -0.25) is 4.79 Å². The molecule has 0 amide bonds. The zero-order valence-electron chi connectivity index (χ0n) is 11.4. The van der Waals surface area contributed by atoms with E-state index in [0.29, 0.717) is 16.6 Å². The summed E-state index contributed by atoms with van der Waals surface area (Å²) in [6.45, 7) is 7.38. The Morgan fingerprint density at radius 2 is 2.06 bits per heavy atom. The number of hydrogen-bond donors (Lipinski definition) is 0. The molecule has 18 heavy (non-hydrogen) atoms. The summed E-state index contributed by atoms with van der Waals surface area (Å²) in [6.07, 6.45) is 4.40. The molecule has 1 aromatic rings. The van der Waals surface area contributed by atoms with Gasteiger partial charge in [-0.2, -0.15) is 0 Å². The minimum atomic E-state index is 0.334. The van der Waals surface area contributed by atoms with Crippen molar-refractivity contribution in [3.05, 3.63) is 28.8 Å². The lowest BCUT2D eigenvalue weighted by molar-refractivity contribution is 0.112. The molecule has 0 unspecified atom stereocenters. The first-order valence-corrected chi connectivity index (χ1v) is 7.00. The van der Waals surface area contributed by atoms with Crippen LogP contribution in [0.2, 0.25) is 5.02 Å². The summed E-state index contributed by atoms with van der Waals surface area (Å²) in [7, 11) is 0. The Morgan fingerprint density at radius 1 is 1.33 bits per heavy atom. The van der Waals surface area contributed by atoms with Gasteiger partial charge in [0.1, 0.15) is 0 Å². The highest BCUT2D eigenvalue weighted by Crippen LogP contribution is 2.30. The number of halogens is 1. The molecule has 0 heterocycles. The van der Waals surface area contributed by atoms with Crippen LogP contribution in [0.4, 0.5) is 5.69 Å². The number of nitrogens with zero attached hydrogens (tertiary/aromatic N) is 1. The van der Waals surface area contributed by atoms with Crippen molar-refractivity contribution in [3.8, 4) is 0 Å². The van der Waals surface area contributed by atoms with Gasteiger partial charge in [0.25, 0.3) is 0 Å². The Labute approximate surface area is 115 Å². The van der Waals surface area contributed by atoms with Gasteiger partial charge in [0, 0.05) is 18.2 Å². The fourth-order valence-electron chi connectivity index (χ4n) is 2.09. The van der Waals surface area contributed by atoms with Crippen molar-refractivity contribution in [3.63, 3.8) is 0 Å². The van der Waals surface area contributed by atoms with Gasteiger partial charge in [-0.25, -0.2) is 0 Å². The van der Waals surface area contributed by atoms with Crippen LogP contribution in [0.5, 0.6) is 0 Å². The predicted octanol–water partition coefficient (Wildman–Crippen LogP) is 4.56. The molecule has 0 aliphatic carbocycles. The van der Waals surface area contributed by atoms with Crippen LogP contribution in [0.1, 0.15) is 50.4 Å². The molecule has 1 aromatic carbocycles. The average molecular weight is 268 g/mol. The second-order valence-electron chi connectivity index (χ2n) is 4.79. The molecule has 0 aliphatic heterocycles. The summed E-state index contributed by atoms with van der Waals surface area (Å²) in [5.74, 6) is 0. The number of rotatable bonds is 7. The van der Waals surface area contributed by atoms with Crippen LogP contribution < -0.4 is 4.90 Å². The molecule has 0 radical (unpaired) electrons. The largest absolute Gasteiger partial charge is 0.367 e. The second kappa shape index (κ2) is 7.42. The first-order chi connectivity index (χ1) is 8.61. The number of hydrogen-bond acceptors (Lipinski definition) is 2. The van der Waals surface area contributed by atoms with E-state index in [4.69, 9.17) is 11.6 Å². The second-order valence-corrected chi connectivity index (χ2v) is 5.20. The van der Waals surface area contributed by atoms with Crippen molar-refractivity contribution >= 4 is 23.6 Å². The van der Waals surface area contributed by atoms with E-state index in [2.05, 4.69) is 25.7 Å². The SMILES string of the molecule is CCCCCN(c1c(Cl)cccc1C=O)C(C)C. The third-order valence-corrected chi connectivity index (χ3v) is 3.36. The monoisotopic (exact) mass is 267 g/mol. The first kappa shape index (κ1) is 15.0. The van der Waals surface area contributed by atoms with Crippen LogP contribution in [0, 0.1) is 0 Å². The molecule has 100 valence electrons. The molecule has 0 saturated carbocycles. The van der Waals surface area contributed by atoms with Gasteiger partial charge in [-0.15, -0.1) is 0 Å². The van der Waals surface area contributed by atoms with Crippen molar-refractivity contribution in [1.29, 1.82) is 0 Å². The normalized spacial score (nSPS) is 10.7. The van der Waals surface area contributed by atoms with Gasteiger partial charge in [0.15, 0.2) is 6.29 Å². The lowest BCUT2D eigenvalue weighted by Gasteiger charge is -2.31. The summed E-state index contributed by atoms with van der Waals surface area (Å²) < 4.78 is 0. The van der Waals surface area contributed by atoms with Crippen LogP contribution >= 0.6 is 11.6 Å². The highest BCUT2D eigenvalue weighted by molar-refractivity contribution is 6.33. The molecule has 2 nitrogen and oxygen atoms in total. The average Bonchev–Trinajstić information content (AvgIpc) is 2.35.